The average molecular weight is 380 g/mol. The number of aromatic nitrogens is 3. The van der Waals surface area contributed by atoms with Gasteiger partial charge in [-0.1, -0.05) is 0 Å². The van der Waals surface area contributed by atoms with Gasteiger partial charge in [-0.3, -0.25) is 0 Å². The lowest BCUT2D eigenvalue weighted by molar-refractivity contribution is -0.189. The Hall–Kier alpha value is -2.70. The van der Waals surface area contributed by atoms with Gasteiger partial charge in [0.1, 0.15) is 0 Å². The van der Waals surface area contributed by atoms with Crippen LogP contribution >= 0.6 is 0 Å². The molecule has 2 fully saturated rings. The van der Waals surface area contributed by atoms with Gasteiger partial charge in [-0.15, -0.1) is 5.10 Å². The van der Waals surface area contributed by atoms with Crippen molar-refractivity contribution in [2.24, 2.45) is 5.92 Å². The van der Waals surface area contributed by atoms with Crippen molar-refractivity contribution in [3.63, 3.8) is 0 Å². The second-order valence-corrected chi connectivity index (χ2v) is 7.37. The molecule has 1 aliphatic heterocycles. The highest BCUT2D eigenvalue weighted by atomic mass is 19.4. The Morgan fingerprint density at radius 3 is 3.04 bits per heavy atom. The number of ether oxygens (including phenoxy) is 1. The Balaban J connectivity index is 1.59. The molecule has 0 radical (unpaired) electrons. The molecule has 3 atom stereocenters. The second kappa shape index (κ2) is 6.18. The average Bonchev–Trinajstić information content (AvgIpc) is 3.14. The van der Waals surface area contributed by atoms with Crippen LogP contribution in [0.15, 0.2) is 18.3 Å². The Bertz CT molecular complexity index is 891. The third-order valence-corrected chi connectivity index (χ3v) is 5.29. The molecule has 0 spiro atoms. The summed E-state index contributed by atoms with van der Waals surface area (Å²) in [6, 6.07) is 3.00. The van der Waals surface area contributed by atoms with Crippen LogP contribution in [0.2, 0.25) is 0 Å². The fraction of sp³-hybridized carbons (Fsp3) is 0.588. The van der Waals surface area contributed by atoms with Gasteiger partial charge in [0.15, 0.2) is 23.7 Å². The minimum absolute atomic E-state index is 0.0203. The zero-order valence-electron chi connectivity index (χ0n) is 14.7. The van der Waals surface area contributed by atoms with Crippen LogP contribution in [0.1, 0.15) is 26.2 Å². The largest absolute Gasteiger partial charge is 0.477 e. The summed E-state index contributed by atoms with van der Waals surface area (Å²) in [5.41, 5.74) is -0.0702. The molecule has 1 N–H and O–H groups in total. The lowest BCUT2D eigenvalue weighted by atomic mass is 9.91. The van der Waals surface area contributed by atoms with Crippen molar-refractivity contribution in [2.75, 3.05) is 18.4 Å². The summed E-state index contributed by atoms with van der Waals surface area (Å²) in [5, 5.41) is 16.9. The first kappa shape index (κ1) is 17.7. The van der Waals surface area contributed by atoms with E-state index in [1.54, 1.807) is 17.2 Å². The van der Waals surface area contributed by atoms with Crippen LogP contribution in [-0.2, 0) is 0 Å². The van der Waals surface area contributed by atoms with Gasteiger partial charge >= 0.3 is 6.18 Å². The first-order valence-electron chi connectivity index (χ1n) is 8.80. The molecule has 2 aliphatic rings. The van der Waals surface area contributed by atoms with Crippen LogP contribution in [0, 0.1) is 17.4 Å². The van der Waals surface area contributed by atoms with Crippen molar-refractivity contribution in [3.05, 3.63) is 18.3 Å². The Morgan fingerprint density at radius 2 is 2.30 bits per heavy atom. The van der Waals surface area contributed by atoms with E-state index in [1.807, 2.05) is 0 Å². The van der Waals surface area contributed by atoms with Gasteiger partial charge in [0.25, 0.3) is 0 Å². The molecule has 7 nitrogen and oxygen atoms in total. The lowest BCUT2D eigenvalue weighted by Gasteiger charge is -2.38. The molecular weight excluding hydrogens is 361 g/mol. The number of nitriles is 1. The molecule has 3 unspecified atom stereocenters. The zero-order chi connectivity index (χ0) is 19.2. The number of rotatable bonds is 4. The molecule has 144 valence electrons. The number of piperidine rings is 1. The summed E-state index contributed by atoms with van der Waals surface area (Å²) in [4.78, 5) is 6.09. The maximum Gasteiger partial charge on any atom is 0.425 e. The van der Waals surface area contributed by atoms with Crippen LogP contribution < -0.4 is 10.1 Å². The number of fused-ring (bicyclic) bond motifs is 3. The van der Waals surface area contributed by atoms with Crippen molar-refractivity contribution in [2.45, 2.75) is 44.0 Å². The maximum absolute atomic E-state index is 12.8. The third-order valence-electron chi connectivity index (χ3n) is 5.29. The highest BCUT2D eigenvalue weighted by Gasteiger charge is 2.45. The van der Waals surface area contributed by atoms with E-state index in [0.717, 1.165) is 32.7 Å². The predicted octanol–water partition coefficient (Wildman–Crippen LogP) is 2.81. The molecule has 4 rings (SSSR count). The molecule has 1 saturated carbocycles. The molecule has 1 aliphatic carbocycles. The van der Waals surface area contributed by atoms with Crippen molar-refractivity contribution < 1.29 is 17.9 Å². The van der Waals surface area contributed by atoms with Gasteiger partial charge in [0, 0.05) is 12.7 Å². The minimum atomic E-state index is -4.46. The number of alkyl halides is 3. The van der Waals surface area contributed by atoms with Gasteiger partial charge in [0.2, 0.25) is 5.95 Å². The Morgan fingerprint density at radius 1 is 1.48 bits per heavy atom. The molecule has 2 aromatic heterocycles. The molecule has 1 saturated heterocycles. The topological polar surface area (TPSA) is 78.5 Å². The first-order chi connectivity index (χ1) is 12.8. The quantitative estimate of drug-likeness (QED) is 0.822. The SMILES string of the molecule is CC(Oc1cccn2nc(NC34CCC(CN(C#N)C3)C4)nc12)C(F)(F)F. The number of likely N-dealkylation sites (tertiary alicyclic amines) is 1. The summed E-state index contributed by atoms with van der Waals surface area (Å²) in [5.74, 6) is 0.799. The minimum Gasteiger partial charge on any atom is -0.477 e. The van der Waals surface area contributed by atoms with Crippen LogP contribution in [0.25, 0.3) is 5.65 Å². The summed E-state index contributed by atoms with van der Waals surface area (Å²) in [6.07, 6.45) is 0.253. The van der Waals surface area contributed by atoms with E-state index in [4.69, 9.17) is 4.74 Å². The Kier molecular flexibility index (Phi) is 4.05. The standard InChI is InChI=1S/C17H19F3N6O/c1-11(17(18,19)20)27-13-3-2-6-26-14(13)22-15(24-26)23-16-5-4-12(7-16)8-25(9-16)10-21/h2-3,6,11-12H,4-5,7-9H2,1H3,(H,23,24). The highest BCUT2D eigenvalue weighted by Crippen LogP contribution is 2.41. The van der Waals surface area contributed by atoms with Crippen LogP contribution in [0.4, 0.5) is 19.1 Å². The van der Waals surface area contributed by atoms with E-state index in [9.17, 15) is 18.4 Å². The monoisotopic (exact) mass is 380 g/mol. The van der Waals surface area contributed by atoms with Gasteiger partial charge in [-0.05, 0) is 44.2 Å². The number of pyridine rings is 1. The van der Waals surface area contributed by atoms with Crippen molar-refractivity contribution >= 4 is 11.6 Å². The number of halogens is 3. The predicted molar refractivity (Wildman–Crippen MR) is 90.0 cm³/mol. The fourth-order valence-corrected chi connectivity index (χ4v) is 4.03. The molecule has 0 amide bonds. The molecule has 3 heterocycles. The van der Waals surface area contributed by atoms with E-state index < -0.39 is 12.3 Å². The van der Waals surface area contributed by atoms with Gasteiger partial charge in [0.05, 0.1) is 12.1 Å². The van der Waals surface area contributed by atoms with E-state index >= 15 is 0 Å². The summed E-state index contributed by atoms with van der Waals surface area (Å²) in [6.45, 7) is 2.30. The van der Waals surface area contributed by atoms with Gasteiger partial charge in [-0.25, -0.2) is 4.52 Å². The number of nitrogens with one attached hydrogen (secondary N) is 1. The first-order valence-corrected chi connectivity index (χ1v) is 8.80. The second-order valence-electron chi connectivity index (χ2n) is 7.37. The molecule has 10 heteroatoms. The molecule has 27 heavy (non-hydrogen) atoms. The number of hydrogen-bond acceptors (Lipinski definition) is 6. The zero-order valence-corrected chi connectivity index (χ0v) is 14.7. The molecule has 0 aromatic carbocycles. The normalized spacial score (nSPS) is 26.0. The van der Waals surface area contributed by atoms with Crippen molar-refractivity contribution in [3.8, 4) is 11.9 Å². The number of anilines is 1. The number of hydrogen-bond donors (Lipinski definition) is 1. The van der Waals surface area contributed by atoms with E-state index in [1.165, 1.54) is 10.6 Å². The van der Waals surface area contributed by atoms with Crippen molar-refractivity contribution in [1.29, 1.82) is 5.26 Å². The third kappa shape index (κ3) is 3.34. The van der Waals surface area contributed by atoms with Gasteiger partial charge < -0.3 is 15.0 Å². The van der Waals surface area contributed by atoms with Crippen LogP contribution in [0.5, 0.6) is 5.75 Å². The lowest BCUT2D eigenvalue weighted by Crippen LogP contribution is -2.50. The molecule has 2 bridgehead atoms. The Labute approximate surface area is 153 Å². The van der Waals surface area contributed by atoms with E-state index in [2.05, 4.69) is 21.6 Å². The molecule has 2 aromatic rings. The van der Waals surface area contributed by atoms with Gasteiger partial charge in [-0.2, -0.15) is 23.4 Å². The van der Waals surface area contributed by atoms with Crippen LogP contribution in [-0.4, -0.2) is 50.4 Å². The van der Waals surface area contributed by atoms with Crippen LogP contribution in [0.3, 0.4) is 0 Å². The smallest absolute Gasteiger partial charge is 0.425 e. The van der Waals surface area contributed by atoms with Crippen molar-refractivity contribution in [1.82, 2.24) is 19.5 Å². The highest BCUT2D eigenvalue weighted by molar-refractivity contribution is 5.56. The maximum atomic E-state index is 12.8. The number of nitrogens with zero attached hydrogens (tertiary/aromatic N) is 5. The van der Waals surface area contributed by atoms with E-state index in [0.29, 0.717) is 18.4 Å². The molecular formula is C17H19F3N6O. The summed E-state index contributed by atoms with van der Waals surface area (Å²) in [7, 11) is 0. The summed E-state index contributed by atoms with van der Waals surface area (Å²) < 4.78 is 44.9. The fourth-order valence-electron chi connectivity index (χ4n) is 4.03. The summed E-state index contributed by atoms with van der Waals surface area (Å²) >= 11 is 0. The van der Waals surface area contributed by atoms with E-state index in [-0.39, 0.29) is 16.9 Å².